The minimum Gasteiger partial charge on any atom is -0.463 e. The summed E-state index contributed by atoms with van der Waals surface area (Å²) in [4.78, 5) is 11.6. The van der Waals surface area contributed by atoms with E-state index in [4.69, 9.17) is 9.15 Å². The molecule has 0 unspecified atom stereocenters. The number of hydrogen-bond acceptors (Lipinski definition) is 5. The summed E-state index contributed by atoms with van der Waals surface area (Å²) in [7, 11) is 1.35. The Bertz CT molecular complexity index is 589. The third kappa shape index (κ3) is 3.72. The van der Waals surface area contributed by atoms with E-state index in [1.165, 1.54) is 7.11 Å². The van der Waals surface area contributed by atoms with E-state index in [2.05, 4.69) is 17.3 Å². The van der Waals surface area contributed by atoms with E-state index in [1.54, 1.807) is 6.20 Å². The average Bonchev–Trinajstić information content (AvgIpc) is 3.07. The second-order valence-corrected chi connectivity index (χ2v) is 5.17. The van der Waals surface area contributed by atoms with Gasteiger partial charge in [0.15, 0.2) is 0 Å². The van der Waals surface area contributed by atoms with Crippen molar-refractivity contribution in [1.29, 1.82) is 0 Å². The predicted octanol–water partition coefficient (Wildman–Crippen LogP) is 2.31. The first kappa shape index (κ1) is 15.3. The van der Waals surface area contributed by atoms with Crippen molar-refractivity contribution in [1.82, 2.24) is 15.1 Å². The van der Waals surface area contributed by atoms with Crippen LogP contribution >= 0.6 is 0 Å². The molecule has 0 amide bonds. The van der Waals surface area contributed by atoms with Crippen LogP contribution in [0.25, 0.3) is 0 Å². The van der Waals surface area contributed by atoms with E-state index < -0.39 is 5.97 Å². The van der Waals surface area contributed by atoms with Crippen LogP contribution in [0.1, 0.15) is 41.8 Å². The van der Waals surface area contributed by atoms with Gasteiger partial charge in [-0.25, -0.2) is 4.79 Å². The second kappa shape index (κ2) is 6.58. The normalized spacial score (nSPS) is 13.9. The van der Waals surface area contributed by atoms with Gasteiger partial charge in [0, 0.05) is 24.0 Å². The maximum atomic E-state index is 11.6. The molecule has 2 aromatic heterocycles. The molecule has 6 heteroatoms. The highest BCUT2D eigenvalue weighted by Gasteiger charge is 2.20. The van der Waals surface area contributed by atoms with Gasteiger partial charge in [0.05, 0.1) is 19.7 Å². The van der Waals surface area contributed by atoms with Gasteiger partial charge in [0.2, 0.25) is 5.76 Å². The summed E-state index contributed by atoms with van der Waals surface area (Å²) < 4.78 is 12.2. The molecule has 2 aromatic rings. The maximum absolute atomic E-state index is 11.6. The quantitative estimate of drug-likeness (QED) is 0.827. The van der Waals surface area contributed by atoms with Gasteiger partial charge >= 0.3 is 5.97 Å². The number of hydrogen-bond donors (Lipinski definition) is 1. The van der Waals surface area contributed by atoms with Crippen LogP contribution in [-0.2, 0) is 11.3 Å². The highest BCUT2D eigenvalue weighted by Crippen LogP contribution is 2.21. The van der Waals surface area contributed by atoms with Gasteiger partial charge in [-0.05, 0) is 32.9 Å². The number of aromatic nitrogens is 2. The van der Waals surface area contributed by atoms with Crippen molar-refractivity contribution in [3.8, 4) is 0 Å². The van der Waals surface area contributed by atoms with Crippen molar-refractivity contribution in [2.24, 2.45) is 0 Å². The number of rotatable bonds is 6. The Hall–Kier alpha value is -2.08. The number of carbonyl (C=O) groups excluding carboxylic acids is 1. The summed E-state index contributed by atoms with van der Waals surface area (Å²) in [6.07, 6.45) is 3.68. The van der Waals surface area contributed by atoms with Crippen molar-refractivity contribution in [3.05, 3.63) is 41.6 Å². The summed E-state index contributed by atoms with van der Waals surface area (Å²) in [6, 6.07) is 3.97. The molecule has 114 valence electrons. The lowest BCUT2D eigenvalue weighted by Crippen LogP contribution is -2.32. The number of aryl methyl sites for hydroxylation is 1. The first-order valence-corrected chi connectivity index (χ1v) is 6.93. The molecular formula is C15H21N3O3. The largest absolute Gasteiger partial charge is 0.463 e. The molecular weight excluding hydrogens is 270 g/mol. The molecule has 2 rings (SSSR count). The number of esters is 1. The first-order chi connectivity index (χ1) is 10.0. The molecule has 0 bridgehead atoms. The summed E-state index contributed by atoms with van der Waals surface area (Å²) in [5, 5.41) is 7.61. The molecule has 21 heavy (non-hydrogen) atoms. The van der Waals surface area contributed by atoms with E-state index in [9.17, 15) is 4.79 Å². The van der Waals surface area contributed by atoms with Gasteiger partial charge in [-0.3, -0.25) is 4.68 Å². The molecule has 0 aliphatic heterocycles. The van der Waals surface area contributed by atoms with Crippen LogP contribution in [0.5, 0.6) is 0 Å². The molecule has 0 saturated carbocycles. The molecule has 0 aliphatic rings. The lowest BCUT2D eigenvalue weighted by atomic mass is 10.2. The number of ether oxygens (including phenoxy) is 1. The summed E-state index contributed by atoms with van der Waals surface area (Å²) >= 11 is 0. The van der Waals surface area contributed by atoms with Gasteiger partial charge in [0.1, 0.15) is 5.76 Å². The van der Waals surface area contributed by atoms with Crippen LogP contribution < -0.4 is 5.32 Å². The highest BCUT2D eigenvalue weighted by molar-refractivity contribution is 5.87. The van der Waals surface area contributed by atoms with Crippen LogP contribution in [-0.4, -0.2) is 28.9 Å². The lowest BCUT2D eigenvalue weighted by Gasteiger charge is -2.18. The minimum atomic E-state index is -0.449. The highest BCUT2D eigenvalue weighted by atomic mass is 16.5. The number of carbonyl (C=O) groups is 1. The van der Waals surface area contributed by atoms with Crippen LogP contribution in [0.15, 0.2) is 28.9 Å². The first-order valence-electron chi connectivity index (χ1n) is 6.93. The summed E-state index contributed by atoms with van der Waals surface area (Å²) in [5.74, 6) is 0.539. The molecule has 0 saturated heterocycles. The molecule has 2 atom stereocenters. The minimum absolute atomic E-state index is 0.00679. The molecule has 2 heterocycles. The van der Waals surface area contributed by atoms with Crippen LogP contribution in [0.3, 0.4) is 0 Å². The monoisotopic (exact) mass is 291 g/mol. The van der Waals surface area contributed by atoms with Gasteiger partial charge in [-0.15, -0.1) is 0 Å². The zero-order chi connectivity index (χ0) is 15.4. The predicted molar refractivity (Wildman–Crippen MR) is 78.0 cm³/mol. The van der Waals surface area contributed by atoms with E-state index in [0.29, 0.717) is 0 Å². The molecule has 6 nitrogen and oxygen atoms in total. The van der Waals surface area contributed by atoms with Crippen molar-refractivity contribution in [2.75, 3.05) is 7.11 Å². The van der Waals surface area contributed by atoms with Crippen molar-refractivity contribution in [3.63, 3.8) is 0 Å². The summed E-state index contributed by atoms with van der Waals surface area (Å²) in [6.45, 7) is 6.67. The Morgan fingerprint density at radius 2 is 2.29 bits per heavy atom. The van der Waals surface area contributed by atoms with Crippen LogP contribution in [0.2, 0.25) is 0 Å². The number of nitrogens with zero attached hydrogens (tertiary/aromatic N) is 2. The second-order valence-electron chi connectivity index (χ2n) is 5.17. The molecule has 0 spiro atoms. The van der Waals surface area contributed by atoms with E-state index in [0.717, 1.165) is 17.9 Å². The Kier molecular flexibility index (Phi) is 4.80. The van der Waals surface area contributed by atoms with Crippen molar-refractivity contribution in [2.45, 2.75) is 39.4 Å². The van der Waals surface area contributed by atoms with Gasteiger partial charge in [0.25, 0.3) is 0 Å². The van der Waals surface area contributed by atoms with Crippen LogP contribution in [0.4, 0.5) is 0 Å². The Morgan fingerprint density at radius 3 is 2.90 bits per heavy atom. The molecule has 0 aliphatic carbocycles. The molecule has 0 fully saturated rings. The molecule has 0 aromatic carbocycles. The topological polar surface area (TPSA) is 69.3 Å². The fraction of sp³-hybridized carbons (Fsp3) is 0.467. The SMILES string of the molecule is COC(=O)c1oc([C@H](C)N[C@H](C)Cn2cccn2)cc1C. The van der Waals surface area contributed by atoms with Gasteiger partial charge in [-0.1, -0.05) is 0 Å². The van der Waals surface area contributed by atoms with E-state index in [1.807, 2.05) is 36.9 Å². The Morgan fingerprint density at radius 1 is 1.52 bits per heavy atom. The number of furan rings is 1. The van der Waals surface area contributed by atoms with E-state index >= 15 is 0 Å². The summed E-state index contributed by atoms with van der Waals surface area (Å²) in [5.41, 5.74) is 0.783. The lowest BCUT2D eigenvalue weighted by molar-refractivity contribution is 0.0561. The van der Waals surface area contributed by atoms with Crippen LogP contribution in [0, 0.1) is 6.92 Å². The Labute approximate surface area is 124 Å². The molecule has 1 N–H and O–H groups in total. The zero-order valence-electron chi connectivity index (χ0n) is 12.8. The number of nitrogens with one attached hydrogen (secondary N) is 1. The average molecular weight is 291 g/mol. The molecule has 0 radical (unpaired) electrons. The van der Waals surface area contributed by atoms with E-state index in [-0.39, 0.29) is 17.8 Å². The smallest absolute Gasteiger partial charge is 0.374 e. The fourth-order valence-electron chi connectivity index (χ4n) is 2.27. The third-order valence-corrected chi connectivity index (χ3v) is 3.29. The zero-order valence-corrected chi connectivity index (χ0v) is 12.8. The van der Waals surface area contributed by atoms with Crippen molar-refractivity contribution < 1.29 is 13.9 Å². The third-order valence-electron chi connectivity index (χ3n) is 3.29. The maximum Gasteiger partial charge on any atom is 0.374 e. The standard InChI is InChI=1S/C15H21N3O3/c1-10-8-13(21-14(10)15(19)20-4)12(3)17-11(2)9-18-7-5-6-16-18/h5-8,11-12,17H,9H2,1-4H3/t11-,12+/m1/s1. The fourth-order valence-corrected chi connectivity index (χ4v) is 2.27. The van der Waals surface area contributed by atoms with Gasteiger partial charge < -0.3 is 14.5 Å². The van der Waals surface area contributed by atoms with Crippen molar-refractivity contribution >= 4 is 5.97 Å². The Balaban J connectivity index is 1.99. The number of methoxy groups -OCH3 is 1. The van der Waals surface area contributed by atoms with Gasteiger partial charge in [-0.2, -0.15) is 5.10 Å².